The second kappa shape index (κ2) is 7.39. The normalized spacial score (nSPS) is 10.3. The van der Waals surface area contributed by atoms with E-state index in [2.05, 4.69) is 20.7 Å². The van der Waals surface area contributed by atoms with Gasteiger partial charge < -0.3 is 10.1 Å². The topological polar surface area (TPSA) is 97.0 Å². The van der Waals surface area contributed by atoms with Crippen LogP contribution in [0, 0.1) is 6.92 Å². The molecule has 0 saturated carbocycles. The first kappa shape index (κ1) is 16.4. The Morgan fingerprint density at radius 1 is 1.08 bits per heavy atom. The molecule has 7 nitrogen and oxygen atoms in total. The standard InChI is InChI=1S/C18H16N4O3/c1-12-16(21-22-20-12)17(23)19-15-9-5-8-14(10-15)18(24)25-11-13-6-3-2-4-7-13/h2-10H,11H2,1H3,(H,19,23)(H,20,21,22). The van der Waals surface area contributed by atoms with E-state index in [0.29, 0.717) is 16.9 Å². The minimum atomic E-state index is -0.461. The number of rotatable bonds is 5. The Bertz CT molecular complexity index is 890. The minimum Gasteiger partial charge on any atom is -0.457 e. The van der Waals surface area contributed by atoms with Crippen LogP contribution in [-0.4, -0.2) is 27.3 Å². The van der Waals surface area contributed by atoms with Gasteiger partial charge in [-0.25, -0.2) is 4.79 Å². The van der Waals surface area contributed by atoms with Gasteiger partial charge in [0.05, 0.1) is 11.3 Å². The third-order valence-electron chi connectivity index (χ3n) is 3.51. The summed E-state index contributed by atoms with van der Waals surface area (Å²) in [6.07, 6.45) is 0. The van der Waals surface area contributed by atoms with Crippen LogP contribution in [-0.2, 0) is 11.3 Å². The third-order valence-corrected chi connectivity index (χ3v) is 3.51. The van der Waals surface area contributed by atoms with E-state index in [4.69, 9.17) is 4.74 Å². The predicted molar refractivity (Wildman–Crippen MR) is 91.1 cm³/mol. The van der Waals surface area contributed by atoms with E-state index in [9.17, 15) is 9.59 Å². The van der Waals surface area contributed by atoms with Gasteiger partial charge >= 0.3 is 5.97 Å². The first-order chi connectivity index (χ1) is 12.1. The Balaban J connectivity index is 1.65. The number of aryl methyl sites for hydroxylation is 1. The van der Waals surface area contributed by atoms with E-state index in [1.807, 2.05) is 30.3 Å². The van der Waals surface area contributed by atoms with Gasteiger partial charge in [0.1, 0.15) is 6.61 Å². The van der Waals surface area contributed by atoms with Crippen LogP contribution in [0.25, 0.3) is 0 Å². The van der Waals surface area contributed by atoms with Gasteiger partial charge in [0.2, 0.25) is 0 Å². The number of hydrogen-bond donors (Lipinski definition) is 2. The summed E-state index contributed by atoms with van der Waals surface area (Å²) in [5.74, 6) is -0.862. The molecule has 0 aliphatic heterocycles. The Kier molecular flexibility index (Phi) is 4.84. The summed E-state index contributed by atoms with van der Waals surface area (Å²) in [6.45, 7) is 1.87. The van der Waals surface area contributed by atoms with Crippen LogP contribution in [0.3, 0.4) is 0 Å². The summed E-state index contributed by atoms with van der Waals surface area (Å²) in [4.78, 5) is 24.3. The molecule has 0 saturated heterocycles. The molecule has 2 N–H and O–H groups in total. The van der Waals surface area contributed by atoms with Crippen molar-refractivity contribution in [1.29, 1.82) is 0 Å². The molecular formula is C18H16N4O3. The molecule has 0 unspecified atom stereocenters. The molecule has 0 aliphatic rings. The molecule has 0 bridgehead atoms. The quantitative estimate of drug-likeness (QED) is 0.698. The molecule has 3 rings (SSSR count). The number of nitrogens with one attached hydrogen (secondary N) is 2. The highest BCUT2D eigenvalue weighted by Crippen LogP contribution is 2.14. The molecule has 0 atom stereocenters. The summed E-state index contributed by atoms with van der Waals surface area (Å²) >= 11 is 0. The molecule has 0 radical (unpaired) electrons. The number of benzene rings is 2. The highest BCUT2D eigenvalue weighted by molar-refractivity contribution is 6.04. The molecule has 2 aromatic carbocycles. The second-order valence-corrected chi connectivity index (χ2v) is 5.35. The molecule has 126 valence electrons. The smallest absolute Gasteiger partial charge is 0.338 e. The van der Waals surface area contributed by atoms with Crippen molar-refractivity contribution < 1.29 is 14.3 Å². The number of aromatic amines is 1. The maximum Gasteiger partial charge on any atom is 0.338 e. The van der Waals surface area contributed by atoms with Gasteiger partial charge in [0.15, 0.2) is 5.69 Å². The van der Waals surface area contributed by atoms with Gasteiger partial charge in [0, 0.05) is 5.69 Å². The van der Waals surface area contributed by atoms with E-state index >= 15 is 0 Å². The molecule has 3 aromatic rings. The molecule has 0 spiro atoms. The van der Waals surface area contributed by atoms with E-state index in [0.717, 1.165) is 5.56 Å². The number of carbonyl (C=O) groups excluding carboxylic acids is 2. The van der Waals surface area contributed by atoms with Crippen LogP contribution in [0.1, 0.15) is 32.1 Å². The SMILES string of the molecule is Cc1n[nH]nc1C(=O)Nc1cccc(C(=O)OCc2ccccc2)c1. The molecule has 1 heterocycles. The first-order valence-electron chi connectivity index (χ1n) is 7.63. The van der Waals surface area contributed by atoms with E-state index in [1.54, 1.807) is 31.2 Å². The minimum absolute atomic E-state index is 0.189. The number of amides is 1. The molecule has 0 fully saturated rings. The average molecular weight is 336 g/mol. The van der Waals surface area contributed by atoms with Crippen LogP contribution in [0.15, 0.2) is 54.6 Å². The fourth-order valence-corrected chi connectivity index (χ4v) is 2.22. The van der Waals surface area contributed by atoms with Crippen molar-refractivity contribution in [3.05, 3.63) is 77.1 Å². The van der Waals surface area contributed by atoms with Gasteiger partial charge in [-0.05, 0) is 30.7 Å². The molecule has 1 amide bonds. The first-order valence-corrected chi connectivity index (χ1v) is 7.63. The van der Waals surface area contributed by atoms with Gasteiger partial charge in [0.25, 0.3) is 5.91 Å². The van der Waals surface area contributed by atoms with Gasteiger partial charge in [-0.15, -0.1) is 0 Å². The van der Waals surface area contributed by atoms with Crippen molar-refractivity contribution >= 4 is 17.6 Å². The van der Waals surface area contributed by atoms with Gasteiger partial charge in [-0.1, -0.05) is 36.4 Å². The number of ether oxygens (including phenoxy) is 1. The van der Waals surface area contributed by atoms with Crippen molar-refractivity contribution in [3.8, 4) is 0 Å². The van der Waals surface area contributed by atoms with Crippen LogP contribution < -0.4 is 5.32 Å². The molecule has 7 heteroatoms. The van der Waals surface area contributed by atoms with Crippen LogP contribution >= 0.6 is 0 Å². The van der Waals surface area contributed by atoms with E-state index < -0.39 is 11.9 Å². The maximum absolute atomic E-state index is 12.2. The zero-order valence-corrected chi connectivity index (χ0v) is 13.5. The number of hydrogen-bond acceptors (Lipinski definition) is 5. The van der Waals surface area contributed by atoms with Crippen LogP contribution in [0.5, 0.6) is 0 Å². The average Bonchev–Trinajstić information content (AvgIpc) is 3.07. The summed E-state index contributed by atoms with van der Waals surface area (Å²) in [6, 6.07) is 16.0. The Labute approximate surface area is 144 Å². The Morgan fingerprint density at radius 2 is 1.88 bits per heavy atom. The van der Waals surface area contributed by atoms with Crippen LogP contribution in [0.4, 0.5) is 5.69 Å². The second-order valence-electron chi connectivity index (χ2n) is 5.35. The van der Waals surface area contributed by atoms with Crippen molar-refractivity contribution in [2.75, 3.05) is 5.32 Å². The highest BCUT2D eigenvalue weighted by atomic mass is 16.5. The van der Waals surface area contributed by atoms with Crippen molar-refractivity contribution in [1.82, 2.24) is 15.4 Å². The lowest BCUT2D eigenvalue weighted by atomic mass is 10.2. The van der Waals surface area contributed by atoms with Crippen molar-refractivity contribution in [2.24, 2.45) is 0 Å². The lowest BCUT2D eigenvalue weighted by Gasteiger charge is -2.07. The Morgan fingerprint density at radius 3 is 2.60 bits per heavy atom. The summed E-state index contributed by atoms with van der Waals surface area (Å²) in [7, 11) is 0. The molecule has 25 heavy (non-hydrogen) atoms. The largest absolute Gasteiger partial charge is 0.457 e. The number of carbonyl (C=O) groups is 2. The summed E-state index contributed by atoms with van der Waals surface area (Å²) in [5, 5.41) is 12.7. The number of H-pyrrole nitrogens is 1. The number of aromatic nitrogens is 3. The van der Waals surface area contributed by atoms with Crippen molar-refractivity contribution in [2.45, 2.75) is 13.5 Å². The fourth-order valence-electron chi connectivity index (χ4n) is 2.22. The predicted octanol–water partition coefficient (Wildman–Crippen LogP) is 2.72. The molecule has 0 aliphatic carbocycles. The van der Waals surface area contributed by atoms with E-state index in [1.165, 1.54) is 0 Å². The summed E-state index contributed by atoms with van der Waals surface area (Å²) in [5.41, 5.74) is 2.43. The number of esters is 1. The zero-order chi connectivity index (χ0) is 17.6. The lowest BCUT2D eigenvalue weighted by Crippen LogP contribution is -2.14. The van der Waals surface area contributed by atoms with Gasteiger partial charge in [-0.2, -0.15) is 15.4 Å². The van der Waals surface area contributed by atoms with Crippen LogP contribution in [0.2, 0.25) is 0 Å². The fraction of sp³-hybridized carbons (Fsp3) is 0.111. The molecular weight excluding hydrogens is 320 g/mol. The number of nitrogens with zero attached hydrogens (tertiary/aromatic N) is 2. The third kappa shape index (κ3) is 4.08. The number of anilines is 1. The summed E-state index contributed by atoms with van der Waals surface area (Å²) < 4.78 is 5.29. The molecule has 1 aromatic heterocycles. The Hall–Kier alpha value is -3.48. The van der Waals surface area contributed by atoms with Crippen molar-refractivity contribution in [3.63, 3.8) is 0 Å². The highest BCUT2D eigenvalue weighted by Gasteiger charge is 2.14. The maximum atomic E-state index is 12.2. The monoisotopic (exact) mass is 336 g/mol. The van der Waals surface area contributed by atoms with E-state index in [-0.39, 0.29) is 12.3 Å². The zero-order valence-electron chi connectivity index (χ0n) is 13.5. The lowest BCUT2D eigenvalue weighted by molar-refractivity contribution is 0.0472. The van der Waals surface area contributed by atoms with Gasteiger partial charge in [-0.3, -0.25) is 4.79 Å².